The number of halogens is 4. The first-order valence-corrected chi connectivity index (χ1v) is 40.2. The molecule has 3 aliphatic heterocycles. The Morgan fingerprint density at radius 1 is 0.546 bits per heavy atom. The maximum Gasteiger partial charge on any atom is 0.433 e. The molecule has 108 heavy (non-hydrogen) atoms. The molecule has 5 N–H and O–H groups in total. The zero-order chi connectivity index (χ0) is 79.7. The van der Waals surface area contributed by atoms with Crippen LogP contribution >= 0.6 is 11.6 Å². The number of nitrogens with zero attached hydrogens (tertiary/aromatic N) is 14. The van der Waals surface area contributed by atoms with Crippen molar-refractivity contribution in [2.45, 2.75) is 186 Å². The molecule has 36 heteroatoms. The largest absolute Gasteiger partial charge is 0.465 e. The molecule has 12 rings (SSSR count). The van der Waals surface area contributed by atoms with E-state index in [0.717, 1.165) is 65.7 Å². The van der Waals surface area contributed by atoms with Crippen LogP contribution in [0.2, 0.25) is 5.28 Å². The Morgan fingerprint density at radius 3 is 1.26 bits per heavy atom. The van der Waals surface area contributed by atoms with Gasteiger partial charge in [-0.15, -0.1) is 0 Å². The van der Waals surface area contributed by atoms with Crippen LogP contribution in [0.15, 0.2) is 69.7 Å². The van der Waals surface area contributed by atoms with Gasteiger partial charge in [-0.1, -0.05) is 49.0 Å². The van der Waals surface area contributed by atoms with Crippen molar-refractivity contribution in [3.63, 3.8) is 0 Å². The van der Waals surface area contributed by atoms with E-state index in [0.29, 0.717) is 95.0 Å². The number of aryl methyl sites for hydroxylation is 2. The van der Waals surface area contributed by atoms with Gasteiger partial charge in [0.15, 0.2) is 35.2 Å². The lowest BCUT2D eigenvalue weighted by atomic mass is 9.98. The molecule has 3 aromatic carbocycles. The summed E-state index contributed by atoms with van der Waals surface area (Å²) in [5.74, 6) is 2.78. The second-order valence-electron chi connectivity index (χ2n) is 29.3. The molecule has 0 spiro atoms. The molecule has 3 aliphatic rings. The highest BCUT2D eigenvalue weighted by molar-refractivity contribution is 7.91. The normalized spacial score (nSPS) is 16.4. The van der Waals surface area contributed by atoms with E-state index in [4.69, 9.17) is 41.0 Å². The van der Waals surface area contributed by atoms with Crippen molar-refractivity contribution in [3.05, 3.63) is 128 Å². The minimum Gasteiger partial charge on any atom is -0.465 e. The molecule has 0 aliphatic carbocycles. The van der Waals surface area contributed by atoms with Gasteiger partial charge < -0.3 is 58.7 Å². The predicted molar refractivity (Wildman–Crippen MR) is 401 cm³/mol. The molecule has 0 amide bonds. The van der Waals surface area contributed by atoms with Crippen molar-refractivity contribution in [3.8, 4) is 0 Å². The molecule has 9 aromatic rings. The second kappa shape index (κ2) is 31.5. The SMILES string of the molecule is C.CC(C)(O)c1cnc(Cl)nc1C(F)(F)F.COC(=O)c1cc2nc3n(c2cc1S(C)(=O)=O)CCN(c1ncc(C(C)(C)O)c(C)n1)[C@@H]3C(C)C.COC(=O)c1cc2nc3n(c2cc1S(C)(=O)=O)CCN[C@@H]3C(C)C.Cc1nc(N2CCn3c(nc4cc(CO)c(S(C)(=O)=O)cc43)C2C(C)C)ncc1C(C)(C)O. The summed E-state index contributed by atoms with van der Waals surface area (Å²) in [7, 11) is -8.30. The number of imidazole rings is 3. The predicted octanol–water partition coefficient (Wildman–Crippen LogP) is 9.78. The number of fused-ring (bicyclic) bond motifs is 9. The van der Waals surface area contributed by atoms with Gasteiger partial charge in [0.25, 0.3) is 0 Å². The Bertz CT molecular complexity index is 5280. The maximum absolute atomic E-state index is 12.5. The van der Waals surface area contributed by atoms with Crippen LogP contribution in [0.25, 0.3) is 33.1 Å². The topological polar surface area (TPSA) is 385 Å². The summed E-state index contributed by atoms with van der Waals surface area (Å²) in [5.41, 5.74) is 1.63. The van der Waals surface area contributed by atoms with E-state index in [-0.39, 0.29) is 69.8 Å². The monoisotopic (exact) mass is 1580 g/mol. The maximum atomic E-state index is 12.5. The number of hydrogen-bond donors (Lipinski definition) is 5. The first-order valence-electron chi connectivity index (χ1n) is 34.1. The number of alkyl halides is 3. The second-order valence-corrected chi connectivity index (χ2v) is 35.6. The van der Waals surface area contributed by atoms with Gasteiger partial charge in [0.05, 0.1) is 115 Å². The number of aliphatic hydroxyl groups is 4. The number of rotatable bonds is 14. The van der Waals surface area contributed by atoms with Crippen molar-refractivity contribution in [1.82, 2.24) is 63.9 Å². The lowest BCUT2D eigenvalue weighted by Crippen LogP contribution is -2.42. The van der Waals surface area contributed by atoms with Gasteiger partial charge in [-0.3, -0.25) is 0 Å². The number of sulfone groups is 3. The fourth-order valence-corrected chi connectivity index (χ4v) is 16.5. The van der Waals surface area contributed by atoms with Crippen LogP contribution in [0.4, 0.5) is 25.1 Å². The molecular formula is C72H95ClF3N15O14S3. The summed E-state index contributed by atoms with van der Waals surface area (Å²) in [6.45, 7) is 29.0. The summed E-state index contributed by atoms with van der Waals surface area (Å²) >= 11 is 5.27. The summed E-state index contributed by atoms with van der Waals surface area (Å²) < 4.78 is 127. The standard InChI is InChI=1S/C24H31N5O5S.C23H31N5O4S.C16H21N3O4S.C8H8ClF3N2O.CH4/c1-13(2)20-21-27-17-10-15(22(30)34-6)19(35(7,32)33)11-18(17)28(21)8-9-29(20)23-25-12-16(14(3)26-23)24(4,5)31;1-13(2)20-21-26-17-9-15(12-29)19(33(6,31)32)10-18(17)27(21)7-8-28(20)22-24-11-16(14(3)25-22)23(4,5)30;1-9(2)14-15-18-11-7-10(16(20)23-3)13(24(4,21)22)8-12(11)19(15)6-5-17-14;1-7(2,15)4-3-13-6(9)14-5(4)8(10,11)12;/h10-13,20,31H,8-9H2,1-7H3;9-11,13,20,29-30H,7-8,12H2,1-6H3;7-9,14,17H,5-6H2,1-4H3;3,15H,1-2H3;1H4/t20-;;14-;;/m1.1../s1. The average molecular weight is 1580 g/mol. The molecule has 588 valence electrons. The molecule has 3 atom stereocenters. The number of nitrogens with one attached hydrogen (secondary N) is 1. The number of aromatic nitrogens is 12. The number of methoxy groups -OCH3 is 2. The van der Waals surface area contributed by atoms with Gasteiger partial charge in [-0.25, -0.2) is 79.7 Å². The Balaban J connectivity index is 0.000000188. The minimum atomic E-state index is -4.66. The molecule has 0 bridgehead atoms. The third-order valence-electron chi connectivity index (χ3n) is 18.6. The average Bonchev–Trinajstić information content (AvgIpc) is 1.59. The first-order chi connectivity index (χ1) is 49.4. The zero-order valence-electron chi connectivity index (χ0n) is 63.0. The zero-order valence-corrected chi connectivity index (χ0v) is 66.2. The Kier molecular flexibility index (Phi) is 24.9. The highest BCUT2D eigenvalue weighted by Gasteiger charge is 2.42. The Labute approximate surface area is 631 Å². The lowest BCUT2D eigenvalue weighted by molar-refractivity contribution is -0.144. The van der Waals surface area contributed by atoms with Gasteiger partial charge >= 0.3 is 18.1 Å². The molecule has 9 heterocycles. The number of esters is 2. The van der Waals surface area contributed by atoms with Crippen LogP contribution in [-0.4, -0.2) is 169 Å². The third kappa shape index (κ3) is 17.7. The van der Waals surface area contributed by atoms with Crippen molar-refractivity contribution in [2.24, 2.45) is 17.8 Å². The van der Waals surface area contributed by atoms with E-state index >= 15 is 0 Å². The molecule has 1 unspecified atom stereocenters. The number of carbonyl (C=O) groups is 2. The van der Waals surface area contributed by atoms with E-state index in [9.17, 15) is 68.4 Å². The number of carbonyl (C=O) groups excluding carboxylic acids is 2. The van der Waals surface area contributed by atoms with Gasteiger partial charge in [-0.2, -0.15) is 13.2 Å². The van der Waals surface area contributed by atoms with E-state index in [2.05, 4.69) is 86.1 Å². The number of benzene rings is 3. The van der Waals surface area contributed by atoms with Crippen LogP contribution in [0.3, 0.4) is 0 Å². The van der Waals surface area contributed by atoms with Crippen LogP contribution in [0.1, 0.15) is 186 Å². The smallest absolute Gasteiger partial charge is 0.433 e. The first kappa shape index (κ1) is 85.2. The van der Waals surface area contributed by atoms with E-state index in [1.807, 2.05) is 23.0 Å². The summed E-state index contributed by atoms with van der Waals surface area (Å²) in [5, 5.41) is 42.9. The van der Waals surface area contributed by atoms with Crippen molar-refractivity contribution in [2.75, 3.05) is 62.4 Å². The highest BCUT2D eigenvalue weighted by Crippen LogP contribution is 2.42. The quantitative estimate of drug-likeness (QED) is 0.0499. The molecule has 0 radical (unpaired) electrons. The van der Waals surface area contributed by atoms with Crippen molar-refractivity contribution < 1.29 is 77.9 Å². The summed E-state index contributed by atoms with van der Waals surface area (Å²) in [6.07, 6.45) is 2.86. The van der Waals surface area contributed by atoms with Crippen LogP contribution in [0.5, 0.6) is 0 Å². The molecule has 0 fully saturated rings. The third-order valence-corrected chi connectivity index (χ3v) is 22.2. The van der Waals surface area contributed by atoms with Crippen LogP contribution in [0, 0.1) is 31.6 Å². The Morgan fingerprint density at radius 2 is 0.917 bits per heavy atom. The van der Waals surface area contributed by atoms with Gasteiger partial charge in [0.2, 0.25) is 17.2 Å². The van der Waals surface area contributed by atoms with Gasteiger partial charge in [-0.05, 0) is 127 Å². The highest BCUT2D eigenvalue weighted by atomic mass is 35.5. The van der Waals surface area contributed by atoms with E-state index < -0.39 is 81.0 Å². The van der Waals surface area contributed by atoms with Gasteiger partial charge in [0, 0.05) is 105 Å². The van der Waals surface area contributed by atoms with Crippen molar-refractivity contribution >= 4 is 98.0 Å². The Hall–Kier alpha value is -8.42. The minimum absolute atomic E-state index is 0. The molecule has 6 aromatic heterocycles. The van der Waals surface area contributed by atoms with Crippen LogP contribution < -0.4 is 15.1 Å². The molecule has 29 nitrogen and oxygen atoms in total. The van der Waals surface area contributed by atoms with E-state index in [1.54, 1.807) is 52.2 Å². The molecular weight excluding hydrogens is 1490 g/mol. The van der Waals surface area contributed by atoms with E-state index in [1.165, 1.54) is 52.3 Å². The lowest BCUT2D eigenvalue weighted by Gasteiger charge is -2.38. The van der Waals surface area contributed by atoms with Gasteiger partial charge in [0.1, 0.15) is 17.5 Å². The fraction of sp³-hybridized carbons (Fsp3) is 0.514. The number of ether oxygens (including phenoxy) is 2. The number of hydrogen-bond acceptors (Lipinski definition) is 26. The fourth-order valence-electron chi connectivity index (χ4n) is 13.7. The van der Waals surface area contributed by atoms with Crippen LogP contribution in [-0.2, 0) is 88.2 Å². The number of aliphatic hydroxyl groups excluding tert-OH is 1. The molecule has 0 saturated heterocycles. The summed E-state index contributed by atoms with van der Waals surface area (Å²) in [4.78, 5) is 68.0. The van der Waals surface area contributed by atoms with Crippen molar-refractivity contribution in [1.29, 1.82) is 0 Å². The summed E-state index contributed by atoms with van der Waals surface area (Å²) in [6, 6.07) is 9.12. The number of anilines is 2. The molecule has 0 saturated carbocycles.